The van der Waals surface area contributed by atoms with E-state index < -0.39 is 6.10 Å². The molecule has 0 aromatic carbocycles. The van der Waals surface area contributed by atoms with Crippen molar-refractivity contribution in [3.63, 3.8) is 0 Å². The smallest absolute Gasteiger partial charge is 0.0941 e. The van der Waals surface area contributed by atoms with Crippen molar-refractivity contribution in [3.05, 3.63) is 0 Å². The van der Waals surface area contributed by atoms with E-state index in [2.05, 4.69) is 4.84 Å². The van der Waals surface area contributed by atoms with Crippen molar-refractivity contribution in [2.24, 2.45) is 11.8 Å². The van der Waals surface area contributed by atoms with Gasteiger partial charge >= 0.3 is 0 Å². The minimum Gasteiger partial charge on any atom is -0.390 e. The summed E-state index contributed by atoms with van der Waals surface area (Å²) in [4.78, 5) is 4.21. The summed E-state index contributed by atoms with van der Waals surface area (Å²) < 4.78 is 0. The summed E-state index contributed by atoms with van der Waals surface area (Å²) in [6.45, 7) is 4.03. The molecule has 0 rings (SSSR count). The quantitative estimate of drug-likeness (QED) is 0.577. The molecule has 0 saturated carbocycles. The third-order valence-corrected chi connectivity index (χ3v) is 1.04. The molecule has 0 radical (unpaired) electrons. The molecule has 0 heterocycles. The van der Waals surface area contributed by atoms with Gasteiger partial charge in [-0.25, -0.2) is 5.90 Å². The lowest BCUT2D eigenvalue weighted by Crippen LogP contribution is -2.23. The number of rotatable bonds is 3. The number of halogens is 1. The average molecular weight is 156 g/mol. The minimum absolute atomic E-state index is 0. The second-order valence-electron chi connectivity index (χ2n) is 2.14. The molecule has 0 aromatic rings. The molecule has 0 aliphatic rings. The van der Waals surface area contributed by atoms with Gasteiger partial charge in [0.25, 0.3) is 0 Å². The first-order chi connectivity index (χ1) is 3.68. The summed E-state index contributed by atoms with van der Waals surface area (Å²) in [5, 5.41) is 8.92. The highest BCUT2D eigenvalue weighted by Gasteiger charge is 2.06. The van der Waals surface area contributed by atoms with Crippen molar-refractivity contribution in [1.29, 1.82) is 0 Å². The molecule has 0 bridgehead atoms. The van der Waals surface area contributed by atoms with Gasteiger partial charge in [-0.2, -0.15) is 0 Å². The molecule has 0 aliphatic heterocycles. The predicted molar refractivity (Wildman–Crippen MR) is 38.2 cm³/mol. The Morgan fingerprint density at radius 2 is 2.00 bits per heavy atom. The molecule has 0 spiro atoms. The fourth-order valence-corrected chi connectivity index (χ4v) is 0.291. The van der Waals surface area contributed by atoms with Crippen LogP contribution in [0.15, 0.2) is 0 Å². The normalized spacial score (nSPS) is 13.0. The van der Waals surface area contributed by atoms with Crippen LogP contribution in [0.1, 0.15) is 13.8 Å². The van der Waals surface area contributed by atoms with Gasteiger partial charge in [0.1, 0.15) is 0 Å². The Morgan fingerprint density at radius 3 is 2.11 bits per heavy atom. The van der Waals surface area contributed by atoms with Gasteiger partial charge in [-0.05, 0) is 5.92 Å². The van der Waals surface area contributed by atoms with E-state index in [0.29, 0.717) is 0 Å². The van der Waals surface area contributed by atoms with E-state index in [1.807, 2.05) is 13.8 Å². The number of hydrogen-bond acceptors (Lipinski definition) is 3. The summed E-state index contributed by atoms with van der Waals surface area (Å²) in [6, 6.07) is 0. The van der Waals surface area contributed by atoms with Crippen molar-refractivity contribution < 1.29 is 9.94 Å². The number of hydrogen-bond donors (Lipinski definition) is 2. The zero-order chi connectivity index (χ0) is 6.57. The third kappa shape index (κ3) is 6.05. The van der Waals surface area contributed by atoms with E-state index in [1.165, 1.54) is 0 Å². The molecule has 0 aliphatic carbocycles. The zero-order valence-corrected chi connectivity index (χ0v) is 6.52. The van der Waals surface area contributed by atoms with E-state index in [0.717, 1.165) is 0 Å². The first-order valence-electron chi connectivity index (χ1n) is 2.68. The van der Waals surface area contributed by atoms with Crippen molar-refractivity contribution in [3.8, 4) is 0 Å². The van der Waals surface area contributed by atoms with E-state index in [1.54, 1.807) is 0 Å². The Morgan fingerprint density at radius 1 is 1.56 bits per heavy atom. The lowest BCUT2D eigenvalue weighted by Gasteiger charge is -2.11. The molecule has 9 heavy (non-hydrogen) atoms. The van der Waals surface area contributed by atoms with E-state index in [-0.39, 0.29) is 24.9 Å². The Bertz CT molecular complexity index is 60.9. The molecule has 0 aromatic heterocycles. The van der Waals surface area contributed by atoms with Gasteiger partial charge in [0.15, 0.2) is 0 Å². The van der Waals surface area contributed by atoms with Crippen LogP contribution in [-0.2, 0) is 4.84 Å². The second-order valence-corrected chi connectivity index (χ2v) is 2.14. The molecule has 3 nitrogen and oxygen atoms in total. The van der Waals surface area contributed by atoms with Crippen LogP contribution < -0.4 is 5.90 Å². The van der Waals surface area contributed by atoms with Crippen LogP contribution in [0.5, 0.6) is 0 Å². The standard InChI is InChI=1S/C5H13NO2.ClH/c1-4(2)5(7)3-8-6;/h4-5,7H,3,6H2,1-2H3;1H. The zero-order valence-electron chi connectivity index (χ0n) is 5.70. The SMILES string of the molecule is CC(C)C(O)CON.Cl. The van der Waals surface area contributed by atoms with Gasteiger partial charge in [0.2, 0.25) is 0 Å². The fraction of sp³-hybridized carbons (Fsp3) is 1.00. The van der Waals surface area contributed by atoms with E-state index >= 15 is 0 Å². The van der Waals surface area contributed by atoms with E-state index in [4.69, 9.17) is 11.0 Å². The molecule has 1 atom stereocenters. The number of aliphatic hydroxyl groups excluding tert-OH is 1. The Balaban J connectivity index is 0. The van der Waals surface area contributed by atoms with Gasteiger partial charge < -0.3 is 9.94 Å². The van der Waals surface area contributed by atoms with Crippen LogP contribution in [0.25, 0.3) is 0 Å². The van der Waals surface area contributed by atoms with Crippen LogP contribution in [0.2, 0.25) is 0 Å². The number of nitrogens with two attached hydrogens (primary N) is 1. The summed E-state index contributed by atoms with van der Waals surface area (Å²) in [7, 11) is 0. The largest absolute Gasteiger partial charge is 0.390 e. The molecule has 0 saturated heterocycles. The molecule has 58 valence electrons. The van der Waals surface area contributed by atoms with Gasteiger partial charge in [-0.3, -0.25) is 0 Å². The summed E-state index contributed by atoms with van der Waals surface area (Å²) in [5.74, 6) is 4.93. The van der Waals surface area contributed by atoms with Crippen LogP contribution in [0, 0.1) is 5.92 Å². The Hall–Kier alpha value is 0.170. The minimum atomic E-state index is -0.431. The van der Waals surface area contributed by atoms with Gasteiger partial charge in [-0.1, -0.05) is 13.8 Å². The molecule has 4 heteroatoms. The lowest BCUT2D eigenvalue weighted by atomic mass is 10.1. The van der Waals surface area contributed by atoms with Crippen molar-refractivity contribution >= 4 is 12.4 Å². The Labute approximate surface area is 61.6 Å². The monoisotopic (exact) mass is 155 g/mol. The van der Waals surface area contributed by atoms with Crippen molar-refractivity contribution in [2.75, 3.05) is 6.61 Å². The maximum absolute atomic E-state index is 8.92. The van der Waals surface area contributed by atoms with Gasteiger partial charge in [-0.15, -0.1) is 12.4 Å². The van der Waals surface area contributed by atoms with Crippen LogP contribution in [-0.4, -0.2) is 17.8 Å². The maximum atomic E-state index is 8.92. The molecule has 0 fully saturated rings. The van der Waals surface area contributed by atoms with Crippen LogP contribution >= 0.6 is 12.4 Å². The highest BCUT2D eigenvalue weighted by Crippen LogP contribution is 1.98. The Kier molecular flexibility index (Phi) is 8.32. The second kappa shape index (κ2) is 6.29. The molecule has 1 unspecified atom stereocenters. The summed E-state index contributed by atoms with van der Waals surface area (Å²) in [6.07, 6.45) is -0.431. The summed E-state index contributed by atoms with van der Waals surface area (Å²) in [5.41, 5.74) is 0. The lowest BCUT2D eigenvalue weighted by molar-refractivity contribution is 0.0126. The molecular formula is C5H14ClNO2. The molecular weight excluding hydrogens is 142 g/mol. The van der Waals surface area contributed by atoms with Crippen LogP contribution in [0.3, 0.4) is 0 Å². The third-order valence-electron chi connectivity index (χ3n) is 1.04. The first-order valence-corrected chi connectivity index (χ1v) is 2.68. The van der Waals surface area contributed by atoms with Crippen molar-refractivity contribution in [1.82, 2.24) is 0 Å². The molecule has 0 amide bonds. The van der Waals surface area contributed by atoms with Gasteiger partial charge in [0.05, 0.1) is 12.7 Å². The van der Waals surface area contributed by atoms with Crippen molar-refractivity contribution in [2.45, 2.75) is 20.0 Å². The predicted octanol–water partition coefficient (Wildman–Crippen LogP) is 0.315. The topological polar surface area (TPSA) is 55.5 Å². The molecule has 3 N–H and O–H groups in total. The highest BCUT2D eigenvalue weighted by atomic mass is 35.5. The fourth-order valence-electron chi connectivity index (χ4n) is 0.291. The van der Waals surface area contributed by atoms with Crippen LogP contribution in [0.4, 0.5) is 0 Å². The highest BCUT2D eigenvalue weighted by molar-refractivity contribution is 5.85. The van der Waals surface area contributed by atoms with E-state index in [9.17, 15) is 0 Å². The average Bonchev–Trinajstić information content (AvgIpc) is 1.67. The maximum Gasteiger partial charge on any atom is 0.0941 e. The van der Waals surface area contributed by atoms with Gasteiger partial charge in [0, 0.05) is 0 Å². The summed E-state index contributed by atoms with van der Waals surface area (Å²) >= 11 is 0. The first kappa shape index (κ1) is 11.9. The number of aliphatic hydroxyl groups is 1.